The summed E-state index contributed by atoms with van der Waals surface area (Å²) < 4.78 is 0. The summed E-state index contributed by atoms with van der Waals surface area (Å²) in [7, 11) is 0. The van der Waals surface area contributed by atoms with E-state index in [0.29, 0.717) is 17.9 Å². The van der Waals surface area contributed by atoms with Gasteiger partial charge in [-0.15, -0.1) is 0 Å². The van der Waals surface area contributed by atoms with Gasteiger partial charge in [0.2, 0.25) is 5.91 Å². The summed E-state index contributed by atoms with van der Waals surface area (Å²) >= 11 is 5.88. The molecular formula is C18H19ClN2O. The van der Waals surface area contributed by atoms with Crippen LogP contribution in [0, 0.1) is 0 Å². The standard InChI is InChI=1S/C18H19ClN2O/c1-2-17(15-9-11-16(19)12-10-15)20-21-18(22)13-8-14-6-4-3-5-7-14/h3-7,9-12H,2,8,13H2,1H3,(H,21,22). The first kappa shape index (κ1) is 16.2. The minimum Gasteiger partial charge on any atom is -0.273 e. The Balaban J connectivity index is 1.91. The average Bonchev–Trinajstić information content (AvgIpc) is 2.56. The third-order valence-electron chi connectivity index (χ3n) is 3.31. The zero-order valence-corrected chi connectivity index (χ0v) is 13.3. The number of benzene rings is 2. The number of rotatable bonds is 6. The van der Waals surface area contributed by atoms with Crippen LogP contribution in [-0.2, 0) is 11.2 Å². The van der Waals surface area contributed by atoms with E-state index in [1.807, 2.05) is 61.5 Å². The summed E-state index contributed by atoms with van der Waals surface area (Å²) in [6.45, 7) is 2.00. The highest BCUT2D eigenvalue weighted by molar-refractivity contribution is 6.30. The lowest BCUT2D eigenvalue weighted by Crippen LogP contribution is -2.20. The molecule has 0 aliphatic carbocycles. The van der Waals surface area contributed by atoms with Crippen molar-refractivity contribution < 1.29 is 4.79 Å². The zero-order chi connectivity index (χ0) is 15.8. The van der Waals surface area contributed by atoms with Crippen molar-refractivity contribution in [3.63, 3.8) is 0 Å². The first-order valence-electron chi connectivity index (χ1n) is 7.34. The van der Waals surface area contributed by atoms with Gasteiger partial charge in [0.15, 0.2) is 0 Å². The Morgan fingerprint density at radius 3 is 2.41 bits per heavy atom. The molecule has 0 radical (unpaired) electrons. The van der Waals surface area contributed by atoms with Gasteiger partial charge in [-0.2, -0.15) is 5.10 Å². The minimum atomic E-state index is -0.0798. The van der Waals surface area contributed by atoms with Crippen LogP contribution in [-0.4, -0.2) is 11.6 Å². The SMILES string of the molecule is CCC(=NNC(=O)CCc1ccccc1)c1ccc(Cl)cc1. The number of nitrogens with one attached hydrogen (secondary N) is 1. The highest BCUT2D eigenvalue weighted by Gasteiger charge is 2.04. The predicted octanol–water partition coefficient (Wildman–Crippen LogP) is 4.20. The number of halogens is 1. The highest BCUT2D eigenvalue weighted by atomic mass is 35.5. The van der Waals surface area contributed by atoms with E-state index in [0.717, 1.165) is 23.3 Å². The summed E-state index contributed by atoms with van der Waals surface area (Å²) in [5.41, 5.74) is 5.59. The molecule has 0 spiro atoms. The van der Waals surface area contributed by atoms with Crippen molar-refractivity contribution in [3.8, 4) is 0 Å². The summed E-state index contributed by atoms with van der Waals surface area (Å²) in [5, 5.41) is 4.91. The predicted molar refractivity (Wildman–Crippen MR) is 91.2 cm³/mol. The van der Waals surface area contributed by atoms with Crippen LogP contribution in [0.4, 0.5) is 0 Å². The van der Waals surface area contributed by atoms with E-state index in [4.69, 9.17) is 11.6 Å². The van der Waals surface area contributed by atoms with Gasteiger partial charge in [-0.25, -0.2) is 5.43 Å². The average molecular weight is 315 g/mol. The molecule has 2 aromatic carbocycles. The number of aryl methyl sites for hydroxylation is 1. The van der Waals surface area contributed by atoms with Gasteiger partial charge in [0.05, 0.1) is 5.71 Å². The molecule has 0 unspecified atom stereocenters. The largest absolute Gasteiger partial charge is 0.273 e. The molecule has 114 valence electrons. The van der Waals surface area contributed by atoms with E-state index in [-0.39, 0.29) is 5.91 Å². The van der Waals surface area contributed by atoms with Crippen molar-refractivity contribution >= 4 is 23.2 Å². The Kier molecular flexibility index (Phi) is 6.16. The third kappa shape index (κ3) is 5.01. The minimum absolute atomic E-state index is 0.0798. The monoisotopic (exact) mass is 314 g/mol. The topological polar surface area (TPSA) is 41.5 Å². The first-order valence-corrected chi connectivity index (χ1v) is 7.72. The van der Waals surface area contributed by atoms with Gasteiger partial charge in [0.25, 0.3) is 0 Å². The van der Waals surface area contributed by atoms with Crippen LogP contribution in [0.2, 0.25) is 5.02 Å². The van der Waals surface area contributed by atoms with E-state index in [9.17, 15) is 4.79 Å². The van der Waals surface area contributed by atoms with Gasteiger partial charge in [-0.1, -0.05) is 61.0 Å². The summed E-state index contributed by atoms with van der Waals surface area (Å²) in [5.74, 6) is -0.0798. The fourth-order valence-electron chi connectivity index (χ4n) is 2.08. The van der Waals surface area contributed by atoms with E-state index in [2.05, 4.69) is 10.5 Å². The van der Waals surface area contributed by atoms with Gasteiger partial charge in [-0.05, 0) is 36.1 Å². The van der Waals surface area contributed by atoms with Gasteiger partial charge in [0.1, 0.15) is 0 Å². The first-order chi connectivity index (χ1) is 10.7. The molecule has 0 bridgehead atoms. The van der Waals surface area contributed by atoms with Crippen molar-refractivity contribution in [3.05, 3.63) is 70.7 Å². The highest BCUT2D eigenvalue weighted by Crippen LogP contribution is 2.11. The van der Waals surface area contributed by atoms with Crippen LogP contribution in [0.5, 0.6) is 0 Å². The smallest absolute Gasteiger partial charge is 0.240 e. The molecule has 0 saturated carbocycles. The van der Waals surface area contributed by atoms with Crippen LogP contribution in [0.1, 0.15) is 30.9 Å². The number of nitrogens with zero attached hydrogens (tertiary/aromatic N) is 1. The lowest BCUT2D eigenvalue weighted by Gasteiger charge is -2.06. The molecule has 0 atom stereocenters. The number of hydrazone groups is 1. The quantitative estimate of drug-likeness (QED) is 0.630. The van der Waals surface area contributed by atoms with E-state index >= 15 is 0 Å². The van der Waals surface area contributed by atoms with Crippen molar-refractivity contribution in [2.45, 2.75) is 26.2 Å². The maximum absolute atomic E-state index is 11.9. The molecule has 2 rings (SSSR count). The number of carbonyl (C=O) groups is 1. The van der Waals surface area contributed by atoms with Crippen LogP contribution in [0.25, 0.3) is 0 Å². The number of hydrogen-bond acceptors (Lipinski definition) is 2. The van der Waals surface area contributed by atoms with E-state index in [1.165, 1.54) is 0 Å². The summed E-state index contributed by atoms with van der Waals surface area (Å²) in [6.07, 6.45) is 1.87. The van der Waals surface area contributed by atoms with Gasteiger partial charge < -0.3 is 0 Å². The van der Waals surface area contributed by atoms with Crippen molar-refractivity contribution in [2.75, 3.05) is 0 Å². The van der Waals surface area contributed by atoms with Crippen LogP contribution in [0.3, 0.4) is 0 Å². The molecule has 0 aliphatic heterocycles. The molecule has 0 saturated heterocycles. The third-order valence-corrected chi connectivity index (χ3v) is 3.56. The van der Waals surface area contributed by atoms with Crippen LogP contribution in [0.15, 0.2) is 59.7 Å². The van der Waals surface area contributed by atoms with Crippen molar-refractivity contribution in [2.24, 2.45) is 5.10 Å². The molecule has 0 aromatic heterocycles. The second-order valence-electron chi connectivity index (χ2n) is 4.94. The normalized spacial score (nSPS) is 11.3. The van der Waals surface area contributed by atoms with Crippen molar-refractivity contribution in [1.82, 2.24) is 5.43 Å². The molecule has 1 amide bonds. The van der Waals surface area contributed by atoms with Gasteiger partial charge in [0, 0.05) is 11.4 Å². The van der Waals surface area contributed by atoms with Crippen LogP contribution < -0.4 is 5.43 Å². The molecule has 1 N–H and O–H groups in total. The molecular weight excluding hydrogens is 296 g/mol. The molecule has 0 heterocycles. The Bertz CT molecular complexity index is 636. The van der Waals surface area contributed by atoms with Gasteiger partial charge >= 0.3 is 0 Å². The number of carbonyl (C=O) groups excluding carboxylic acids is 1. The van der Waals surface area contributed by atoms with Crippen molar-refractivity contribution in [1.29, 1.82) is 0 Å². The second-order valence-corrected chi connectivity index (χ2v) is 5.38. The lowest BCUT2D eigenvalue weighted by atomic mass is 10.1. The molecule has 4 heteroatoms. The zero-order valence-electron chi connectivity index (χ0n) is 12.6. The molecule has 3 nitrogen and oxygen atoms in total. The fraction of sp³-hybridized carbons (Fsp3) is 0.222. The molecule has 0 fully saturated rings. The molecule has 22 heavy (non-hydrogen) atoms. The van der Waals surface area contributed by atoms with Crippen LogP contribution >= 0.6 is 11.6 Å². The second kappa shape index (κ2) is 8.35. The molecule has 0 aliphatic rings. The Morgan fingerprint density at radius 1 is 1.09 bits per heavy atom. The Labute approximate surface area is 136 Å². The van der Waals surface area contributed by atoms with E-state index in [1.54, 1.807) is 0 Å². The summed E-state index contributed by atoms with van der Waals surface area (Å²) in [4.78, 5) is 11.9. The lowest BCUT2D eigenvalue weighted by molar-refractivity contribution is -0.121. The summed E-state index contributed by atoms with van der Waals surface area (Å²) in [6, 6.07) is 17.4. The molecule has 2 aromatic rings. The Hall–Kier alpha value is -2.13. The fourth-order valence-corrected chi connectivity index (χ4v) is 2.20. The maximum atomic E-state index is 11.9. The number of hydrogen-bond donors (Lipinski definition) is 1. The maximum Gasteiger partial charge on any atom is 0.240 e. The Morgan fingerprint density at radius 2 is 1.77 bits per heavy atom. The number of amides is 1. The van der Waals surface area contributed by atoms with Gasteiger partial charge in [-0.3, -0.25) is 4.79 Å². The van der Waals surface area contributed by atoms with E-state index < -0.39 is 0 Å².